The van der Waals surface area contributed by atoms with E-state index in [2.05, 4.69) is 14.7 Å². The molecule has 10 heteroatoms. The molecule has 0 bridgehead atoms. The monoisotopic (exact) mass is 456 g/mol. The van der Waals surface area contributed by atoms with Crippen molar-refractivity contribution < 1.29 is 8.42 Å². The van der Waals surface area contributed by atoms with Gasteiger partial charge in [-0.3, -0.25) is 15.1 Å². The van der Waals surface area contributed by atoms with Crippen molar-refractivity contribution in [3.8, 4) is 0 Å². The third-order valence-corrected chi connectivity index (χ3v) is 6.16. The number of aromatic nitrogens is 3. The predicted octanol–water partition coefficient (Wildman–Crippen LogP) is 3.07. The fourth-order valence-corrected chi connectivity index (χ4v) is 4.19. The van der Waals surface area contributed by atoms with Crippen molar-refractivity contribution in [2.75, 3.05) is 4.72 Å². The topological polar surface area (TPSA) is 127 Å². The summed E-state index contributed by atoms with van der Waals surface area (Å²) in [6.07, 6.45) is 3.42. The number of hydrogen-bond acceptors (Lipinski definition) is 5. The molecule has 0 aliphatic carbocycles. The SMILES string of the molecule is Cl.Cn1c(Cc2ccc(C(=N)N)cc2)nc2cc(NS(=O)(=O)c3cccnc3)ccc21. The molecule has 4 aromatic rings. The van der Waals surface area contributed by atoms with Gasteiger partial charge in [-0.2, -0.15) is 0 Å². The lowest BCUT2D eigenvalue weighted by molar-refractivity contribution is 0.601. The maximum absolute atomic E-state index is 12.5. The number of pyridine rings is 1. The second-order valence-electron chi connectivity index (χ2n) is 6.87. The number of rotatable bonds is 6. The summed E-state index contributed by atoms with van der Waals surface area (Å²) in [6, 6.07) is 15.8. The smallest absolute Gasteiger partial charge is 0.263 e. The molecule has 31 heavy (non-hydrogen) atoms. The standard InChI is InChI=1S/C21H20N6O2S.ClH/c1-27-19-9-8-16(26-30(28,29)17-3-2-10-24-13-17)12-18(19)25-20(27)11-14-4-6-15(7-5-14)21(22)23;/h2-10,12-13,26H,11H2,1H3,(H3,22,23);1H. The highest BCUT2D eigenvalue weighted by Gasteiger charge is 2.15. The number of anilines is 1. The van der Waals surface area contributed by atoms with Gasteiger partial charge in [0.25, 0.3) is 10.0 Å². The molecule has 2 aromatic heterocycles. The average Bonchev–Trinajstić information content (AvgIpc) is 3.03. The molecule has 0 radical (unpaired) electrons. The zero-order valence-electron chi connectivity index (χ0n) is 16.6. The fourth-order valence-electron chi connectivity index (χ4n) is 3.18. The normalized spacial score (nSPS) is 11.1. The van der Waals surface area contributed by atoms with Crippen LogP contribution in [0.15, 0.2) is 71.9 Å². The first-order valence-corrected chi connectivity index (χ1v) is 10.6. The summed E-state index contributed by atoms with van der Waals surface area (Å²) in [7, 11) is -1.79. The van der Waals surface area contributed by atoms with E-state index in [-0.39, 0.29) is 23.1 Å². The Hall–Kier alpha value is -3.43. The van der Waals surface area contributed by atoms with Crippen molar-refractivity contribution in [3.63, 3.8) is 0 Å². The van der Waals surface area contributed by atoms with Crippen LogP contribution in [0, 0.1) is 5.41 Å². The molecule has 0 saturated carbocycles. The number of hydrogen-bond donors (Lipinski definition) is 3. The Morgan fingerprint density at radius 2 is 1.90 bits per heavy atom. The van der Waals surface area contributed by atoms with Crippen LogP contribution in [0.1, 0.15) is 17.0 Å². The summed E-state index contributed by atoms with van der Waals surface area (Å²) >= 11 is 0. The Bertz CT molecular complexity index is 1340. The van der Waals surface area contributed by atoms with Gasteiger partial charge in [0.05, 0.1) is 16.7 Å². The number of nitrogens with zero attached hydrogens (tertiary/aromatic N) is 3. The third-order valence-electron chi connectivity index (χ3n) is 4.80. The lowest BCUT2D eigenvalue weighted by Gasteiger charge is -2.07. The predicted molar refractivity (Wildman–Crippen MR) is 123 cm³/mol. The maximum Gasteiger partial charge on any atom is 0.263 e. The van der Waals surface area contributed by atoms with Gasteiger partial charge in [-0.1, -0.05) is 24.3 Å². The van der Waals surface area contributed by atoms with Crippen LogP contribution in [0.3, 0.4) is 0 Å². The average molecular weight is 457 g/mol. The van der Waals surface area contributed by atoms with E-state index in [1.165, 1.54) is 18.5 Å². The minimum absolute atomic E-state index is 0. The number of benzene rings is 2. The highest BCUT2D eigenvalue weighted by molar-refractivity contribution is 7.92. The number of nitrogen functional groups attached to an aromatic ring is 1. The number of halogens is 1. The van der Waals surface area contributed by atoms with Crippen molar-refractivity contribution in [1.29, 1.82) is 5.41 Å². The van der Waals surface area contributed by atoms with Gasteiger partial charge in [-0.15, -0.1) is 12.4 Å². The van der Waals surface area contributed by atoms with Crippen LogP contribution >= 0.6 is 12.4 Å². The molecule has 2 aromatic carbocycles. The Morgan fingerprint density at radius 3 is 2.55 bits per heavy atom. The van der Waals surface area contributed by atoms with Crippen LogP contribution in [0.4, 0.5) is 5.69 Å². The summed E-state index contributed by atoms with van der Waals surface area (Å²) in [4.78, 5) is 8.63. The van der Waals surface area contributed by atoms with Crippen molar-refractivity contribution >= 4 is 45.0 Å². The van der Waals surface area contributed by atoms with Gasteiger partial charge >= 0.3 is 0 Å². The molecule has 0 spiro atoms. The molecule has 0 aliphatic heterocycles. The van der Waals surface area contributed by atoms with Crippen LogP contribution < -0.4 is 10.5 Å². The first-order valence-electron chi connectivity index (χ1n) is 9.15. The van der Waals surface area contributed by atoms with Crippen LogP contribution in [0.5, 0.6) is 0 Å². The highest BCUT2D eigenvalue weighted by Crippen LogP contribution is 2.23. The number of amidine groups is 1. The van der Waals surface area contributed by atoms with Crippen LogP contribution in [0.25, 0.3) is 11.0 Å². The lowest BCUT2D eigenvalue weighted by atomic mass is 10.1. The lowest BCUT2D eigenvalue weighted by Crippen LogP contribution is -2.13. The summed E-state index contributed by atoms with van der Waals surface area (Å²) in [5.74, 6) is 0.874. The van der Waals surface area contributed by atoms with Gasteiger partial charge in [0, 0.05) is 31.4 Å². The quantitative estimate of drug-likeness (QED) is 0.303. The summed E-state index contributed by atoms with van der Waals surface area (Å²) in [5, 5.41) is 7.48. The molecule has 160 valence electrons. The van der Waals surface area contributed by atoms with Crippen molar-refractivity contribution in [1.82, 2.24) is 14.5 Å². The zero-order chi connectivity index (χ0) is 21.3. The Morgan fingerprint density at radius 1 is 1.16 bits per heavy atom. The van der Waals surface area contributed by atoms with Gasteiger partial charge < -0.3 is 10.3 Å². The first kappa shape index (κ1) is 22.3. The number of aryl methyl sites for hydroxylation is 1. The van der Waals surface area contributed by atoms with E-state index < -0.39 is 10.0 Å². The largest absolute Gasteiger partial charge is 0.384 e. The van der Waals surface area contributed by atoms with Crippen molar-refractivity contribution in [2.45, 2.75) is 11.3 Å². The van der Waals surface area contributed by atoms with E-state index in [4.69, 9.17) is 11.1 Å². The number of sulfonamides is 1. The van der Waals surface area contributed by atoms with Gasteiger partial charge in [-0.25, -0.2) is 13.4 Å². The van der Waals surface area contributed by atoms with Crippen LogP contribution in [0.2, 0.25) is 0 Å². The molecule has 4 N–H and O–H groups in total. The number of nitrogens with one attached hydrogen (secondary N) is 2. The number of imidazole rings is 1. The maximum atomic E-state index is 12.5. The minimum atomic E-state index is -3.72. The Kier molecular flexibility index (Phi) is 6.28. The minimum Gasteiger partial charge on any atom is -0.384 e. The summed E-state index contributed by atoms with van der Waals surface area (Å²) in [6.45, 7) is 0. The molecule has 2 heterocycles. The summed E-state index contributed by atoms with van der Waals surface area (Å²) in [5.41, 5.74) is 9.24. The molecule has 8 nitrogen and oxygen atoms in total. The fraction of sp³-hybridized carbons (Fsp3) is 0.0952. The van der Waals surface area contributed by atoms with Crippen LogP contribution in [-0.2, 0) is 23.5 Å². The van der Waals surface area contributed by atoms with Crippen LogP contribution in [-0.4, -0.2) is 28.8 Å². The van der Waals surface area contributed by atoms with Gasteiger partial charge in [0.15, 0.2) is 0 Å². The van der Waals surface area contributed by atoms with Gasteiger partial charge in [0.2, 0.25) is 0 Å². The van der Waals surface area contributed by atoms with Crippen molar-refractivity contribution in [3.05, 3.63) is 83.9 Å². The first-order chi connectivity index (χ1) is 14.3. The van der Waals surface area contributed by atoms with E-state index in [0.29, 0.717) is 23.2 Å². The van der Waals surface area contributed by atoms with E-state index in [0.717, 1.165) is 16.9 Å². The Labute approximate surface area is 186 Å². The number of fused-ring (bicyclic) bond motifs is 1. The molecule has 0 unspecified atom stereocenters. The van der Waals surface area contributed by atoms with Gasteiger partial charge in [-0.05, 0) is 35.9 Å². The Balaban J connectivity index is 0.00000272. The second-order valence-corrected chi connectivity index (χ2v) is 8.55. The van der Waals surface area contributed by atoms with Crippen molar-refractivity contribution in [2.24, 2.45) is 12.8 Å². The second kappa shape index (κ2) is 8.75. The number of nitrogens with two attached hydrogens (primary N) is 1. The molecule has 0 atom stereocenters. The zero-order valence-corrected chi connectivity index (χ0v) is 18.2. The van der Waals surface area contributed by atoms with E-state index in [1.54, 1.807) is 18.2 Å². The van der Waals surface area contributed by atoms with E-state index in [1.807, 2.05) is 41.9 Å². The molecule has 4 rings (SSSR count). The summed E-state index contributed by atoms with van der Waals surface area (Å²) < 4.78 is 29.6. The molecule has 0 saturated heterocycles. The molecular formula is C21H21ClN6O2S. The molecule has 0 amide bonds. The van der Waals surface area contributed by atoms with E-state index >= 15 is 0 Å². The molecule has 0 aliphatic rings. The van der Waals surface area contributed by atoms with Gasteiger partial charge in [0.1, 0.15) is 16.6 Å². The third kappa shape index (κ3) is 4.68. The van der Waals surface area contributed by atoms with E-state index in [9.17, 15) is 8.42 Å². The highest BCUT2D eigenvalue weighted by atomic mass is 35.5. The molecular weight excluding hydrogens is 436 g/mol. The molecule has 0 fully saturated rings.